The Hall–Kier alpha value is -3.87. The van der Waals surface area contributed by atoms with E-state index in [1.165, 1.54) is 66.1 Å². The average molecular weight is 451 g/mol. The fraction of sp³-hybridized carbons (Fsp3) is 0.0303. The summed E-state index contributed by atoms with van der Waals surface area (Å²) in [5.74, 6) is 0. The smallest absolute Gasteiger partial charge is 0.0732 e. The van der Waals surface area contributed by atoms with E-state index < -0.39 is 5.41 Å². The molecule has 6 aromatic rings. The summed E-state index contributed by atoms with van der Waals surface area (Å²) in [7, 11) is 0. The maximum Gasteiger partial charge on any atom is 0.0732 e. The lowest BCUT2D eigenvalue weighted by Gasteiger charge is -2.31. The van der Waals surface area contributed by atoms with Crippen molar-refractivity contribution in [3.8, 4) is 22.3 Å². The molecule has 1 spiro atoms. The van der Waals surface area contributed by atoms with Gasteiger partial charge >= 0.3 is 0 Å². The number of rotatable bonds is 0. The molecule has 0 amide bonds. The molecule has 0 aromatic heterocycles. The summed E-state index contributed by atoms with van der Waals surface area (Å²) in [4.78, 5) is 0. The lowest BCUT2D eigenvalue weighted by atomic mass is 9.69. The minimum absolute atomic E-state index is 0.396. The topological polar surface area (TPSA) is 0 Å². The maximum absolute atomic E-state index is 6.96. The lowest BCUT2D eigenvalue weighted by molar-refractivity contribution is 0.802. The van der Waals surface area contributed by atoms with Crippen molar-refractivity contribution in [3.05, 3.63) is 143 Å². The van der Waals surface area contributed by atoms with Crippen LogP contribution in [0.4, 0.5) is 0 Å². The van der Waals surface area contributed by atoms with Gasteiger partial charge in [-0.3, -0.25) is 0 Å². The highest BCUT2D eigenvalue weighted by molar-refractivity contribution is 6.34. The number of fused-ring (bicyclic) bond motifs is 14. The Morgan fingerprint density at radius 2 is 1.09 bits per heavy atom. The van der Waals surface area contributed by atoms with Crippen LogP contribution in [-0.4, -0.2) is 0 Å². The first-order chi connectivity index (χ1) is 16.8. The minimum Gasteiger partial charge on any atom is -0.0837 e. The monoisotopic (exact) mass is 450 g/mol. The maximum atomic E-state index is 6.96. The molecule has 0 radical (unpaired) electrons. The predicted molar refractivity (Wildman–Crippen MR) is 143 cm³/mol. The van der Waals surface area contributed by atoms with E-state index in [9.17, 15) is 0 Å². The third kappa shape index (κ3) is 2.02. The molecular weight excluding hydrogens is 432 g/mol. The van der Waals surface area contributed by atoms with Crippen LogP contribution in [0.1, 0.15) is 22.3 Å². The minimum atomic E-state index is -0.396. The molecule has 0 N–H and O–H groups in total. The van der Waals surface area contributed by atoms with Gasteiger partial charge in [-0.2, -0.15) is 0 Å². The van der Waals surface area contributed by atoms with Crippen LogP contribution >= 0.6 is 11.6 Å². The zero-order valence-corrected chi connectivity index (χ0v) is 19.1. The Kier molecular flexibility index (Phi) is 3.48. The molecule has 0 fully saturated rings. The number of benzene rings is 6. The van der Waals surface area contributed by atoms with Crippen molar-refractivity contribution in [1.29, 1.82) is 0 Å². The summed E-state index contributed by atoms with van der Waals surface area (Å²) in [6.07, 6.45) is 0. The molecule has 0 heterocycles. The third-order valence-corrected chi connectivity index (χ3v) is 8.24. The van der Waals surface area contributed by atoms with E-state index >= 15 is 0 Å². The zero-order valence-electron chi connectivity index (χ0n) is 18.3. The number of hydrogen-bond donors (Lipinski definition) is 0. The first kappa shape index (κ1) is 18.5. The van der Waals surface area contributed by atoms with Crippen LogP contribution in [0.5, 0.6) is 0 Å². The van der Waals surface area contributed by atoms with Crippen LogP contribution in [0.2, 0.25) is 5.02 Å². The van der Waals surface area contributed by atoms with Gasteiger partial charge in [0.2, 0.25) is 0 Å². The van der Waals surface area contributed by atoms with Gasteiger partial charge in [0.05, 0.1) is 5.41 Å². The fourth-order valence-electron chi connectivity index (χ4n) is 6.74. The highest BCUT2D eigenvalue weighted by Crippen LogP contribution is 2.65. The second kappa shape index (κ2) is 6.38. The summed E-state index contributed by atoms with van der Waals surface area (Å²) >= 11 is 6.96. The van der Waals surface area contributed by atoms with Crippen molar-refractivity contribution in [2.45, 2.75) is 5.41 Å². The third-order valence-electron chi connectivity index (χ3n) is 7.92. The van der Waals surface area contributed by atoms with Crippen LogP contribution in [0, 0.1) is 0 Å². The van der Waals surface area contributed by atoms with Crippen molar-refractivity contribution >= 4 is 33.1 Å². The Morgan fingerprint density at radius 3 is 1.97 bits per heavy atom. The van der Waals surface area contributed by atoms with Gasteiger partial charge in [0.25, 0.3) is 0 Å². The molecule has 0 bridgehead atoms. The van der Waals surface area contributed by atoms with Gasteiger partial charge in [-0.25, -0.2) is 0 Å². The predicted octanol–water partition coefficient (Wildman–Crippen LogP) is 8.99. The highest BCUT2D eigenvalue weighted by atomic mass is 35.5. The lowest BCUT2D eigenvalue weighted by Crippen LogP contribution is -2.26. The molecule has 8 rings (SSSR count). The van der Waals surface area contributed by atoms with Crippen molar-refractivity contribution < 1.29 is 0 Å². The Morgan fingerprint density at radius 1 is 0.441 bits per heavy atom. The van der Waals surface area contributed by atoms with E-state index in [4.69, 9.17) is 11.6 Å². The van der Waals surface area contributed by atoms with Crippen molar-refractivity contribution in [2.75, 3.05) is 0 Å². The van der Waals surface area contributed by atoms with Crippen molar-refractivity contribution in [1.82, 2.24) is 0 Å². The first-order valence-electron chi connectivity index (χ1n) is 11.7. The zero-order chi connectivity index (χ0) is 22.4. The molecule has 0 saturated heterocycles. The Labute approximate surface area is 203 Å². The van der Waals surface area contributed by atoms with Gasteiger partial charge in [0.15, 0.2) is 0 Å². The molecule has 34 heavy (non-hydrogen) atoms. The van der Waals surface area contributed by atoms with E-state index in [1.54, 1.807) is 0 Å². The molecule has 2 aliphatic carbocycles. The fourth-order valence-corrected chi connectivity index (χ4v) is 7.01. The molecule has 0 aliphatic heterocycles. The molecule has 1 heteroatoms. The SMILES string of the molecule is Clc1cccc2c1-c1ccc3ccccc3c1C21c2ccccc2-c2c1ccc1ccccc21. The summed E-state index contributed by atoms with van der Waals surface area (Å²) < 4.78 is 0. The van der Waals surface area contributed by atoms with Crippen molar-refractivity contribution in [2.24, 2.45) is 0 Å². The largest absolute Gasteiger partial charge is 0.0837 e. The first-order valence-corrected chi connectivity index (χ1v) is 12.1. The van der Waals surface area contributed by atoms with Gasteiger partial charge in [0, 0.05) is 10.6 Å². The Balaban J connectivity index is 1.68. The van der Waals surface area contributed by atoms with Crippen molar-refractivity contribution in [3.63, 3.8) is 0 Å². The van der Waals surface area contributed by atoms with Gasteiger partial charge in [-0.15, -0.1) is 0 Å². The average Bonchev–Trinajstić information content (AvgIpc) is 3.37. The number of hydrogen-bond acceptors (Lipinski definition) is 0. The quantitative estimate of drug-likeness (QED) is 0.216. The Bertz CT molecular complexity index is 1830. The standard InChI is InChI=1S/C33H19Cl/c34-29-15-7-14-27-31(29)25-18-16-21-9-2-4-11-23(21)32(25)33(27)26-13-6-5-12-24(26)30-22-10-3-1-8-20(22)17-19-28(30)33/h1-19H. The summed E-state index contributed by atoms with van der Waals surface area (Å²) in [5, 5.41) is 5.95. The summed E-state index contributed by atoms with van der Waals surface area (Å²) in [6, 6.07) is 42.1. The van der Waals surface area contributed by atoms with Crippen LogP contribution < -0.4 is 0 Å². The molecule has 2 aliphatic rings. The molecule has 0 saturated carbocycles. The summed E-state index contributed by atoms with van der Waals surface area (Å²) in [5.41, 5.74) is 10.0. The van der Waals surface area contributed by atoms with E-state index in [-0.39, 0.29) is 0 Å². The van der Waals surface area contributed by atoms with E-state index in [1.807, 2.05) is 6.07 Å². The molecular formula is C33H19Cl. The second-order valence-electron chi connectivity index (χ2n) is 9.38. The second-order valence-corrected chi connectivity index (χ2v) is 9.78. The van der Waals surface area contributed by atoms with Crippen LogP contribution in [0.25, 0.3) is 43.8 Å². The van der Waals surface area contributed by atoms with Gasteiger partial charge < -0.3 is 0 Å². The van der Waals surface area contributed by atoms with Gasteiger partial charge in [-0.1, -0.05) is 121 Å². The van der Waals surface area contributed by atoms with E-state index in [2.05, 4.69) is 109 Å². The molecule has 1 unspecified atom stereocenters. The van der Waals surface area contributed by atoms with E-state index in [0.29, 0.717) is 0 Å². The van der Waals surface area contributed by atoms with Crippen LogP contribution in [-0.2, 0) is 5.41 Å². The van der Waals surface area contributed by atoms with Gasteiger partial charge in [-0.05, 0) is 66.6 Å². The molecule has 1 atom stereocenters. The normalized spacial score (nSPS) is 17.1. The van der Waals surface area contributed by atoms with E-state index in [0.717, 1.165) is 5.02 Å². The number of halogens is 1. The highest BCUT2D eigenvalue weighted by Gasteiger charge is 2.53. The molecule has 158 valence electrons. The van der Waals surface area contributed by atoms with Crippen LogP contribution in [0.3, 0.4) is 0 Å². The summed E-state index contributed by atoms with van der Waals surface area (Å²) in [6.45, 7) is 0. The van der Waals surface area contributed by atoms with Crippen LogP contribution in [0.15, 0.2) is 115 Å². The molecule has 6 aromatic carbocycles. The molecule has 0 nitrogen and oxygen atoms in total. The van der Waals surface area contributed by atoms with Gasteiger partial charge in [0.1, 0.15) is 0 Å².